The minimum Gasteiger partial charge on any atom is -0.441 e. The summed E-state index contributed by atoms with van der Waals surface area (Å²) in [5.74, 6) is 0.180. The fraction of sp³-hybridized carbons (Fsp3) is 0.357. The number of nitrogens with zero attached hydrogens (tertiary/aromatic N) is 2. The molecule has 2 amide bonds. The second-order valence-corrected chi connectivity index (χ2v) is 5.34. The van der Waals surface area contributed by atoms with E-state index in [9.17, 15) is 9.59 Å². The van der Waals surface area contributed by atoms with Crippen molar-refractivity contribution in [2.24, 2.45) is 0 Å². The molecule has 1 aromatic heterocycles. The fourth-order valence-corrected chi connectivity index (χ4v) is 2.44. The molecule has 116 valence electrons. The molecule has 0 aromatic carbocycles. The molecule has 0 unspecified atom stereocenters. The second kappa shape index (κ2) is 5.90. The summed E-state index contributed by atoms with van der Waals surface area (Å²) in [4.78, 5) is 27.3. The Kier molecular flexibility index (Phi) is 3.95. The minimum absolute atomic E-state index is 0.000947. The van der Waals surface area contributed by atoms with Crippen molar-refractivity contribution in [3.63, 3.8) is 0 Å². The molecule has 0 atom stereocenters. The number of rotatable bonds is 2. The second-order valence-electron chi connectivity index (χ2n) is 4.96. The largest absolute Gasteiger partial charge is 0.441 e. The molecule has 1 aromatic rings. The maximum absolute atomic E-state index is 12.1. The maximum Gasteiger partial charge on any atom is 0.265 e. The molecule has 2 saturated heterocycles. The van der Waals surface area contributed by atoms with Crippen LogP contribution >= 0.6 is 12.2 Å². The van der Waals surface area contributed by atoms with Crippen LogP contribution in [0.3, 0.4) is 0 Å². The average molecular weight is 321 g/mol. The lowest BCUT2D eigenvalue weighted by molar-refractivity contribution is -0.128. The van der Waals surface area contributed by atoms with E-state index < -0.39 is 11.8 Å². The molecule has 7 nitrogen and oxygen atoms in total. The van der Waals surface area contributed by atoms with Crippen LogP contribution in [-0.2, 0) is 14.3 Å². The number of nitrogens with one attached hydrogen (secondary N) is 1. The summed E-state index contributed by atoms with van der Waals surface area (Å²) in [5, 5.41) is 2.56. The standard InChI is InChI=1S/C14H15N3O4S/c1-16-13(19)10(12(18)15-14(16)22)8-9-2-3-11(21-9)17-4-6-20-7-5-17/h2-3,8H,4-7H2,1H3,(H,15,18,22)/b10-8-. The molecule has 22 heavy (non-hydrogen) atoms. The van der Waals surface area contributed by atoms with E-state index in [1.165, 1.54) is 18.0 Å². The van der Waals surface area contributed by atoms with Crippen LogP contribution in [0.15, 0.2) is 22.1 Å². The van der Waals surface area contributed by atoms with Gasteiger partial charge in [0.05, 0.1) is 13.2 Å². The first-order chi connectivity index (χ1) is 10.6. The van der Waals surface area contributed by atoms with E-state index in [1.807, 2.05) is 6.07 Å². The zero-order valence-electron chi connectivity index (χ0n) is 12.0. The first-order valence-electron chi connectivity index (χ1n) is 6.84. The van der Waals surface area contributed by atoms with Crippen LogP contribution in [0.25, 0.3) is 6.08 Å². The third-order valence-corrected chi connectivity index (χ3v) is 3.90. The molecule has 2 aliphatic heterocycles. The van der Waals surface area contributed by atoms with E-state index >= 15 is 0 Å². The van der Waals surface area contributed by atoms with Crippen LogP contribution in [0, 0.1) is 0 Å². The molecule has 8 heteroatoms. The number of thiocarbonyl (C=S) groups is 1. The lowest BCUT2D eigenvalue weighted by Crippen LogP contribution is -2.52. The zero-order chi connectivity index (χ0) is 15.7. The number of likely N-dealkylation sites (N-methyl/N-ethyl adjacent to an activating group) is 1. The number of amides is 2. The molecular formula is C14H15N3O4S. The van der Waals surface area contributed by atoms with E-state index in [0.717, 1.165) is 13.1 Å². The van der Waals surface area contributed by atoms with Gasteiger partial charge in [0.25, 0.3) is 11.8 Å². The van der Waals surface area contributed by atoms with Crippen molar-refractivity contribution in [3.8, 4) is 0 Å². The number of ether oxygens (including phenoxy) is 1. The summed E-state index contributed by atoms with van der Waals surface area (Å²) < 4.78 is 11.0. The Morgan fingerprint density at radius 2 is 2.00 bits per heavy atom. The quantitative estimate of drug-likeness (QED) is 0.482. The van der Waals surface area contributed by atoms with Crippen molar-refractivity contribution in [2.45, 2.75) is 0 Å². The third kappa shape index (κ3) is 2.75. The van der Waals surface area contributed by atoms with Gasteiger partial charge in [0.1, 0.15) is 11.3 Å². The highest BCUT2D eigenvalue weighted by molar-refractivity contribution is 7.80. The Morgan fingerprint density at radius 1 is 1.27 bits per heavy atom. The number of morpholine rings is 1. The monoisotopic (exact) mass is 321 g/mol. The Hall–Kier alpha value is -2.19. The summed E-state index contributed by atoms with van der Waals surface area (Å²) in [6, 6.07) is 3.54. The lowest BCUT2D eigenvalue weighted by atomic mass is 10.1. The Bertz CT molecular complexity index is 661. The molecule has 0 spiro atoms. The molecular weight excluding hydrogens is 306 g/mol. The molecule has 0 bridgehead atoms. The van der Waals surface area contributed by atoms with Crippen molar-refractivity contribution in [1.29, 1.82) is 0 Å². The van der Waals surface area contributed by atoms with Crippen molar-refractivity contribution >= 4 is 41.1 Å². The van der Waals surface area contributed by atoms with Crippen molar-refractivity contribution < 1.29 is 18.7 Å². The summed E-state index contributed by atoms with van der Waals surface area (Å²) in [6.07, 6.45) is 1.43. The molecule has 0 radical (unpaired) electrons. The van der Waals surface area contributed by atoms with Gasteiger partial charge in [-0.3, -0.25) is 19.8 Å². The van der Waals surface area contributed by atoms with E-state index in [2.05, 4.69) is 10.2 Å². The van der Waals surface area contributed by atoms with Crippen LogP contribution in [0.2, 0.25) is 0 Å². The molecule has 1 N–H and O–H groups in total. The zero-order valence-corrected chi connectivity index (χ0v) is 12.8. The van der Waals surface area contributed by atoms with E-state index in [0.29, 0.717) is 24.9 Å². The Morgan fingerprint density at radius 3 is 2.73 bits per heavy atom. The topological polar surface area (TPSA) is 75.0 Å². The molecule has 3 heterocycles. The highest BCUT2D eigenvalue weighted by Gasteiger charge is 2.31. The van der Waals surface area contributed by atoms with Crippen molar-refractivity contribution in [2.75, 3.05) is 38.3 Å². The number of furan rings is 1. The smallest absolute Gasteiger partial charge is 0.265 e. The first kappa shape index (κ1) is 14.7. The SMILES string of the molecule is CN1C(=O)/C(=C\c2ccc(N3CCOCC3)o2)C(=O)NC1=S. The van der Waals surface area contributed by atoms with Gasteiger partial charge in [-0.05, 0) is 24.4 Å². The summed E-state index contributed by atoms with van der Waals surface area (Å²) in [6.45, 7) is 2.81. The van der Waals surface area contributed by atoms with Gasteiger partial charge in [-0.25, -0.2) is 0 Å². The van der Waals surface area contributed by atoms with Gasteiger partial charge >= 0.3 is 0 Å². The van der Waals surface area contributed by atoms with E-state index in [1.54, 1.807) is 6.07 Å². The summed E-state index contributed by atoms with van der Waals surface area (Å²) >= 11 is 4.89. The van der Waals surface area contributed by atoms with E-state index in [-0.39, 0.29) is 10.7 Å². The van der Waals surface area contributed by atoms with Crippen LogP contribution in [-0.4, -0.2) is 55.2 Å². The molecule has 2 aliphatic rings. The van der Waals surface area contributed by atoms with Gasteiger partial charge in [-0.15, -0.1) is 0 Å². The number of hydrogen-bond donors (Lipinski definition) is 1. The summed E-state index contributed by atoms with van der Waals surface area (Å²) in [7, 11) is 1.51. The third-order valence-electron chi connectivity index (χ3n) is 3.53. The Labute approximate surface area is 132 Å². The van der Waals surface area contributed by atoms with Gasteiger partial charge in [0, 0.05) is 26.2 Å². The van der Waals surface area contributed by atoms with Crippen LogP contribution < -0.4 is 10.2 Å². The minimum atomic E-state index is -0.516. The maximum atomic E-state index is 12.1. The molecule has 3 rings (SSSR count). The van der Waals surface area contributed by atoms with Gasteiger partial charge < -0.3 is 14.1 Å². The average Bonchev–Trinajstić information content (AvgIpc) is 2.99. The predicted molar refractivity (Wildman–Crippen MR) is 83.2 cm³/mol. The number of carbonyl (C=O) groups is 2. The van der Waals surface area contributed by atoms with Crippen LogP contribution in [0.4, 0.5) is 5.88 Å². The van der Waals surface area contributed by atoms with Crippen LogP contribution in [0.5, 0.6) is 0 Å². The highest BCUT2D eigenvalue weighted by Crippen LogP contribution is 2.22. The first-order valence-corrected chi connectivity index (χ1v) is 7.24. The lowest BCUT2D eigenvalue weighted by Gasteiger charge is -2.26. The summed E-state index contributed by atoms with van der Waals surface area (Å²) in [5.41, 5.74) is -0.000947. The fourth-order valence-electron chi connectivity index (χ4n) is 2.26. The Balaban J connectivity index is 1.82. The number of anilines is 1. The van der Waals surface area contributed by atoms with Gasteiger partial charge in [-0.2, -0.15) is 0 Å². The number of carbonyl (C=O) groups excluding carboxylic acids is 2. The van der Waals surface area contributed by atoms with Gasteiger partial charge in [0.2, 0.25) is 0 Å². The normalized spacial score (nSPS) is 21.5. The molecule has 0 aliphatic carbocycles. The highest BCUT2D eigenvalue weighted by atomic mass is 32.1. The van der Waals surface area contributed by atoms with Gasteiger partial charge in [-0.1, -0.05) is 0 Å². The molecule has 0 saturated carbocycles. The van der Waals surface area contributed by atoms with Gasteiger partial charge in [0.15, 0.2) is 11.0 Å². The van der Waals surface area contributed by atoms with Crippen LogP contribution in [0.1, 0.15) is 5.76 Å². The van der Waals surface area contributed by atoms with Crippen molar-refractivity contribution in [1.82, 2.24) is 10.2 Å². The predicted octanol–water partition coefficient (Wildman–Crippen LogP) is 0.373. The molecule has 2 fully saturated rings. The van der Waals surface area contributed by atoms with Crippen molar-refractivity contribution in [3.05, 3.63) is 23.5 Å². The van der Waals surface area contributed by atoms with E-state index in [4.69, 9.17) is 21.4 Å². The number of hydrogen-bond acceptors (Lipinski definition) is 6.